The average molecular weight is 376 g/mol. The highest BCUT2D eigenvalue weighted by molar-refractivity contribution is 5.79. The van der Waals surface area contributed by atoms with Gasteiger partial charge in [-0.3, -0.25) is 4.79 Å². The van der Waals surface area contributed by atoms with Crippen LogP contribution in [-0.4, -0.2) is 75.4 Å². The van der Waals surface area contributed by atoms with Gasteiger partial charge in [-0.05, 0) is 26.7 Å². The van der Waals surface area contributed by atoms with Crippen LogP contribution in [0.5, 0.6) is 0 Å². The normalized spacial score (nSPS) is 35.8. The van der Waals surface area contributed by atoms with Gasteiger partial charge in [-0.2, -0.15) is 0 Å². The lowest BCUT2D eigenvalue weighted by Crippen LogP contribution is -2.46. The summed E-state index contributed by atoms with van der Waals surface area (Å²) in [6.07, 6.45) is -1.49. The summed E-state index contributed by atoms with van der Waals surface area (Å²) in [5, 5.41) is 38.0. The Kier molecular flexibility index (Phi) is 7.96. The SMILES string of the molecule is CC1(C)O[C@@H](CC(=O)C[C@H]2C[C@@H](O)CC(O)O2)C[C@H](C[C@H](O)CCO)O1. The fourth-order valence-corrected chi connectivity index (χ4v) is 3.75. The Labute approximate surface area is 154 Å². The molecule has 0 aromatic rings. The van der Waals surface area contributed by atoms with Crippen LogP contribution in [0.3, 0.4) is 0 Å². The molecule has 0 amide bonds. The van der Waals surface area contributed by atoms with Crippen molar-refractivity contribution in [2.45, 2.75) is 101 Å². The maximum atomic E-state index is 12.4. The Balaban J connectivity index is 1.85. The van der Waals surface area contributed by atoms with Crippen LogP contribution in [0.15, 0.2) is 0 Å². The van der Waals surface area contributed by atoms with Crippen LogP contribution in [0.2, 0.25) is 0 Å². The van der Waals surface area contributed by atoms with E-state index in [1.807, 2.05) is 0 Å². The number of hydrogen-bond acceptors (Lipinski definition) is 8. The Morgan fingerprint density at radius 1 is 1.08 bits per heavy atom. The number of carbonyl (C=O) groups excluding carboxylic acids is 1. The van der Waals surface area contributed by atoms with E-state index in [1.165, 1.54) is 0 Å². The monoisotopic (exact) mass is 376 g/mol. The van der Waals surface area contributed by atoms with Crippen LogP contribution in [-0.2, 0) is 19.0 Å². The van der Waals surface area contributed by atoms with Gasteiger partial charge in [-0.1, -0.05) is 0 Å². The Morgan fingerprint density at radius 3 is 2.38 bits per heavy atom. The Morgan fingerprint density at radius 2 is 1.73 bits per heavy atom. The maximum Gasteiger partial charge on any atom is 0.163 e. The second-order valence-electron chi connectivity index (χ2n) is 7.80. The molecule has 0 aliphatic carbocycles. The van der Waals surface area contributed by atoms with E-state index in [0.29, 0.717) is 19.3 Å². The molecule has 6 atom stereocenters. The molecular weight excluding hydrogens is 344 g/mol. The molecule has 1 unspecified atom stereocenters. The molecule has 0 aromatic carbocycles. The van der Waals surface area contributed by atoms with E-state index in [2.05, 4.69) is 0 Å². The van der Waals surface area contributed by atoms with E-state index in [0.717, 1.165) is 0 Å². The second-order valence-corrected chi connectivity index (χ2v) is 7.80. The van der Waals surface area contributed by atoms with Crippen LogP contribution < -0.4 is 0 Å². The summed E-state index contributed by atoms with van der Waals surface area (Å²) in [4.78, 5) is 12.4. The van der Waals surface area contributed by atoms with Crippen molar-refractivity contribution in [2.24, 2.45) is 0 Å². The fraction of sp³-hybridized carbons (Fsp3) is 0.944. The summed E-state index contributed by atoms with van der Waals surface area (Å²) in [5.41, 5.74) is 0. The van der Waals surface area contributed by atoms with Gasteiger partial charge in [0, 0.05) is 38.7 Å². The third kappa shape index (κ3) is 7.19. The molecule has 2 fully saturated rings. The van der Waals surface area contributed by atoms with Crippen molar-refractivity contribution in [1.82, 2.24) is 0 Å². The molecular formula is C18H32O8. The molecule has 2 saturated heterocycles. The van der Waals surface area contributed by atoms with Gasteiger partial charge in [0.2, 0.25) is 0 Å². The van der Waals surface area contributed by atoms with Crippen molar-refractivity contribution in [1.29, 1.82) is 0 Å². The molecule has 4 N–H and O–H groups in total. The summed E-state index contributed by atoms with van der Waals surface area (Å²) < 4.78 is 17.0. The quantitative estimate of drug-likeness (QED) is 0.475. The first kappa shape index (κ1) is 21.7. The van der Waals surface area contributed by atoms with E-state index in [4.69, 9.17) is 19.3 Å². The fourth-order valence-electron chi connectivity index (χ4n) is 3.75. The molecule has 0 bridgehead atoms. The van der Waals surface area contributed by atoms with Crippen LogP contribution >= 0.6 is 0 Å². The van der Waals surface area contributed by atoms with E-state index < -0.39 is 30.4 Å². The molecule has 0 spiro atoms. The summed E-state index contributed by atoms with van der Waals surface area (Å²) in [5.74, 6) is -0.922. The minimum atomic E-state index is -1.03. The van der Waals surface area contributed by atoms with Crippen LogP contribution in [0.4, 0.5) is 0 Å². The molecule has 8 nitrogen and oxygen atoms in total. The van der Waals surface area contributed by atoms with Crippen molar-refractivity contribution >= 4 is 5.78 Å². The lowest BCUT2D eigenvalue weighted by atomic mass is 9.95. The molecule has 152 valence electrons. The van der Waals surface area contributed by atoms with Gasteiger partial charge in [-0.25, -0.2) is 0 Å². The highest BCUT2D eigenvalue weighted by atomic mass is 16.7. The molecule has 0 saturated carbocycles. The topological polar surface area (TPSA) is 126 Å². The second kappa shape index (κ2) is 9.54. The number of ether oxygens (including phenoxy) is 3. The number of rotatable bonds is 8. The van der Waals surface area contributed by atoms with Gasteiger partial charge >= 0.3 is 0 Å². The zero-order chi connectivity index (χ0) is 19.3. The van der Waals surface area contributed by atoms with Gasteiger partial charge in [-0.15, -0.1) is 0 Å². The number of carbonyl (C=O) groups is 1. The first-order valence-electron chi connectivity index (χ1n) is 9.34. The molecule has 2 aliphatic heterocycles. The molecule has 0 radical (unpaired) electrons. The van der Waals surface area contributed by atoms with Gasteiger partial charge in [0.25, 0.3) is 0 Å². The highest BCUT2D eigenvalue weighted by Gasteiger charge is 2.37. The standard InChI is InChI=1S/C18H32O8/c1-18(2)25-15(5-11(20)3-4-19)10-16(26-18)8-12(21)6-14-7-13(22)9-17(23)24-14/h11,13-17,19-20,22-23H,3-10H2,1-2H3/t11-,13-,14+,15+,16+,17?/m1/s1. The van der Waals surface area contributed by atoms with E-state index in [1.54, 1.807) is 13.8 Å². The average Bonchev–Trinajstić information content (AvgIpc) is 2.43. The smallest absolute Gasteiger partial charge is 0.163 e. The van der Waals surface area contributed by atoms with Crippen molar-refractivity contribution < 1.29 is 39.4 Å². The van der Waals surface area contributed by atoms with Gasteiger partial charge in [0.05, 0.1) is 30.5 Å². The molecule has 8 heteroatoms. The number of ketones is 1. The molecule has 26 heavy (non-hydrogen) atoms. The molecule has 0 aromatic heterocycles. The van der Waals surface area contributed by atoms with Gasteiger partial charge in [0.1, 0.15) is 5.78 Å². The van der Waals surface area contributed by atoms with Crippen LogP contribution in [0.1, 0.15) is 58.8 Å². The van der Waals surface area contributed by atoms with Crippen molar-refractivity contribution in [3.8, 4) is 0 Å². The Hall–Kier alpha value is -0.610. The zero-order valence-corrected chi connectivity index (χ0v) is 15.5. The van der Waals surface area contributed by atoms with E-state index in [-0.39, 0.29) is 50.3 Å². The molecule has 2 heterocycles. The maximum absolute atomic E-state index is 12.4. The first-order valence-corrected chi connectivity index (χ1v) is 9.34. The van der Waals surface area contributed by atoms with E-state index >= 15 is 0 Å². The van der Waals surface area contributed by atoms with Crippen molar-refractivity contribution in [3.63, 3.8) is 0 Å². The lowest BCUT2D eigenvalue weighted by Gasteiger charge is -2.41. The van der Waals surface area contributed by atoms with Crippen molar-refractivity contribution in [2.75, 3.05) is 6.61 Å². The molecule has 2 rings (SSSR count). The van der Waals surface area contributed by atoms with Crippen LogP contribution in [0.25, 0.3) is 0 Å². The predicted octanol–water partition coefficient (Wildman–Crippen LogP) is 0.238. The molecule has 2 aliphatic rings. The number of aliphatic hydroxyl groups excluding tert-OH is 4. The number of Topliss-reactive ketones (excluding diaryl/α,β-unsaturated/α-hetero) is 1. The van der Waals surface area contributed by atoms with Crippen LogP contribution in [0, 0.1) is 0 Å². The van der Waals surface area contributed by atoms with E-state index in [9.17, 15) is 20.1 Å². The summed E-state index contributed by atoms with van der Waals surface area (Å²) in [6, 6.07) is 0. The van der Waals surface area contributed by atoms with Crippen molar-refractivity contribution in [3.05, 3.63) is 0 Å². The lowest BCUT2D eigenvalue weighted by molar-refractivity contribution is -0.302. The Bertz CT molecular complexity index is 444. The third-order valence-corrected chi connectivity index (χ3v) is 4.69. The number of hydrogen-bond donors (Lipinski definition) is 4. The van der Waals surface area contributed by atoms with Gasteiger partial charge in [0.15, 0.2) is 12.1 Å². The first-order chi connectivity index (χ1) is 12.2. The largest absolute Gasteiger partial charge is 0.396 e. The van der Waals surface area contributed by atoms with Gasteiger partial charge < -0.3 is 34.6 Å². The summed E-state index contributed by atoms with van der Waals surface area (Å²) in [7, 11) is 0. The minimum Gasteiger partial charge on any atom is -0.396 e. The minimum absolute atomic E-state index is 0.0614. The third-order valence-electron chi connectivity index (χ3n) is 4.69. The summed E-state index contributed by atoms with van der Waals surface area (Å²) in [6.45, 7) is 3.45. The zero-order valence-electron chi connectivity index (χ0n) is 15.5. The summed E-state index contributed by atoms with van der Waals surface area (Å²) >= 11 is 0. The highest BCUT2D eigenvalue weighted by Crippen LogP contribution is 2.31. The number of aliphatic hydroxyl groups is 4. The predicted molar refractivity (Wildman–Crippen MR) is 91.1 cm³/mol.